The molecule has 1 aliphatic rings. The Morgan fingerprint density at radius 2 is 1.60 bits per heavy atom. The van der Waals surface area contributed by atoms with Gasteiger partial charge in [0.15, 0.2) is 5.17 Å². The molecule has 0 bridgehead atoms. The fourth-order valence-electron chi connectivity index (χ4n) is 3.09. The van der Waals surface area contributed by atoms with Crippen molar-refractivity contribution in [2.75, 3.05) is 6.54 Å². The van der Waals surface area contributed by atoms with Gasteiger partial charge in [0.1, 0.15) is 12.4 Å². The number of amidine groups is 1. The Labute approximate surface area is 180 Å². The second-order valence-corrected chi connectivity index (χ2v) is 7.71. The van der Waals surface area contributed by atoms with Gasteiger partial charge in [-0.05, 0) is 48.5 Å². The van der Waals surface area contributed by atoms with Gasteiger partial charge in [0, 0.05) is 12.1 Å². The number of likely N-dealkylation sites (N-methyl/N-ethyl adjacent to an activating group) is 1. The molecule has 3 aromatic carbocycles. The van der Waals surface area contributed by atoms with Crippen molar-refractivity contribution in [3.05, 3.63) is 101 Å². The normalized spacial score (nSPS) is 16.4. The number of rotatable bonds is 6. The number of aliphatic imine (C=N–C) groups is 1. The molecule has 150 valence electrons. The summed E-state index contributed by atoms with van der Waals surface area (Å²) in [6, 6.07) is 27.5. The average Bonchev–Trinajstić information content (AvgIpc) is 3.08. The summed E-state index contributed by atoms with van der Waals surface area (Å²) in [5.41, 5.74) is 2.81. The monoisotopic (exact) mass is 414 g/mol. The fraction of sp³-hybridized carbons (Fsp3) is 0.120. The van der Waals surface area contributed by atoms with Crippen LogP contribution in [0.5, 0.6) is 5.75 Å². The van der Waals surface area contributed by atoms with Gasteiger partial charge in [0.25, 0.3) is 5.91 Å². The minimum atomic E-state index is -0.0324. The lowest BCUT2D eigenvalue weighted by atomic mass is 10.1. The minimum absolute atomic E-state index is 0.0324. The standard InChI is InChI=1S/C25H22N2O2S/c1-2-27-24(28)23(30-25(27)26-21-14-7-4-8-15-21)17-20-13-9-10-16-22(20)29-18-19-11-5-3-6-12-19/h3-17H,2,18H2,1H3/b23-17+,26-25?. The van der Waals surface area contributed by atoms with E-state index in [9.17, 15) is 4.79 Å². The molecule has 0 spiro atoms. The van der Waals surface area contributed by atoms with Crippen LogP contribution >= 0.6 is 11.8 Å². The van der Waals surface area contributed by atoms with E-state index in [1.807, 2.05) is 97.9 Å². The molecular weight excluding hydrogens is 392 g/mol. The van der Waals surface area contributed by atoms with Crippen molar-refractivity contribution >= 4 is 34.6 Å². The van der Waals surface area contributed by atoms with Crippen LogP contribution in [0.15, 0.2) is 94.8 Å². The van der Waals surface area contributed by atoms with Crippen molar-refractivity contribution in [2.24, 2.45) is 4.99 Å². The second-order valence-electron chi connectivity index (χ2n) is 6.70. The van der Waals surface area contributed by atoms with Gasteiger partial charge < -0.3 is 4.74 Å². The third-order valence-electron chi connectivity index (χ3n) is 4.63. The smallest absolute Gasteiger partial charge is 0.266 e. The van der Waals surface area contributed by atoms with Crippen LogP contribution in [-0.2, 0) is 11.4 Å². The lowest BCUT2D eigenvalue weighted by Gasteiger charge is -2.12. The van der Waals surface area contributed by atoms with E-state index >= 15 is 0 Å². The molecule has 0 unspecified atom stereocenters. The number of carbonyl (C=O) groups excluding carboxylic acids is 1. The van der Waals surface area contributed by atoms with Crippen LogP contribution in [-0.4, -0.2) is 22.5 Å². The SMILES string of the molecule is CCN1C(=O)/C(=C\c2ccccc2OCc2ccccc2)SC1=Nc1ccccc1. The van der Waals surface area contributed by atoms with Gasteiger partial charge >= 0.3 is 0 Å². The Bertz CT molecular complexity index is 1080. The molecule has 1 aliphatic heterocycles. The van der Waals surface area contributed by atoms with Crippen molar-refractivity contribution in [1.29, 1.82) is 0 Å². The number of ether oxygens (including phenoxy) is 1. The number of benzene rings is 3. The van der Waals surface area contributed by atoms with Gasteiger partial charge in [-0.1, -0.05) is 66.7 Å². The first-order valence-corrected chi connectivity index (χ1v) is 10.7. The summed E-state index contributed by atoms with van der Waals surface area (Å²) in [6.07, 6.45) is 1.89. The van der Waals surface area contributed by atoms with Crippen LogP contribution in [0.25, 0.3) is 6.08 Å². The number of hydrogen-bond acceptors (Lipinski definition) is 4. The molecule has 0 radical (unpaired) electrons. The van der Waals surface area contributed by atoms with E-state index < -0.39 is 0 Å². The summed E-state index contributed by atoms with van der Waals surface area (Å²) in [4.78, 5) is 20.0. The van der Waals surface area contributed by atoms with E-state index in [4.69, 9.17) is 4.74 Å². The van der Waals surface area contributed by atoms with E-state index in [0.717, 1.165) is 22.6 Å². The van der Waals surface area contributed by atoms with Crippen molar-refractivity contribution in [3.63, 3.8) is 0 Å². The van der Waals surface area contributed by atoms with E-state index in [1.54, 1.807) is 4.90 Å². The Morgan fingerprint density at radius 1 is 0.933 bits per heavy atom. The predicted molar refractivity (Wildman–Crippen MR) is 124 cm³/mol. The van der Waals surface area contributed by atoms with Gasteiger partial charge in [-0.15, -0.1) is 0 Å². The summed E-state index contributed by atoms with van der Waals surface area (Å²) in [7, 11) is 0. The molecule has 1 fully saturated rings. The number of carbonyl (C=O) groups is 1. The highest BCUT2D eigenvalue weighted by Gasteiger charge is 2.32. The van der Waals surface area contributed by atoms with Crippen molar-refractivity contribution in [1.82, 2.24) is 4.90 Å². The molecule has 1 amide bonds. The lowest BCUT2D eigenvalue weighted by molar-refractivity contribution is -0.122. The molecule has 5 heteroatoms. The quantitative estimate of drug-likeness (QED) is 0.472. The number of nitrogens with zero attached hydrogens (tertiary/aromatic N) is 2. The van der Waals surface area contributed by atoms with Crippen LogP contribution in [0.4, 0.5) is 5.69 Å². The largest absolute Gasteiger partial charge is 0.488 e. The highest BCUT2D eigenvalue weighted by atomic mass is 32.2. The van der Waals surface area contributed by atoms with Crippen LogP contribution in [0.2, 0.25) is 0 Å². The summed E-state index contributed by atoms with van der Waals surface area (Å²) in [5, 5.41) is 0.697. The number of amides is 1. The minimum Gasteiger partial charge on any atom is -0.488 e. The first-order chi connectivity index (χ1) is 14.7. The van der Waals surface area contributed by atoms with Gasteiger partial charge in [0.05, 0.1) is 10.6 Å². The van der Waals surface area contributed by atoms with Crippen LogP contribution in [0.1, 0.15) is 18.1 Å². The van der Waals surface area contributed by atoms with E-state index in [-0.39, 0.29) is 5.91 Å². The number of para-hydroxylation sites is 2. The average molecular weight is 415 g/mol. The molecule has 0 aromatic heterocycles. The molecule has 0 aliphatic carbocycles. The maximum absolute atomic E-state index is 12.9. The molecule has 0 atom stereocenters. The first kappa shape index (κ1) is 20.0. The molecule has 4 rings (SSSR count). The van der Waals surface area contributed by atoms with Crippen LogP contribution in [0, 0.1) is 0 Å². The molecule has 1 heterocycles. The molecular formula is C25H22N2O2S. The third kappa shape index (κ3) is 4.63. The lowest BCUT2D eigenvalue weighted by Crippen LogP contribution is -2.28. The Balaban J connectivity index is 1.59. The summed E-state index contributed by atoms with van der Waals surface area (Å²) >= 11 is 1.40. The van der Waals surface area contributed by atoms with Gasteiger partial charge in [0.2, 0.25) is 0 Å². The molecule has 3 aromatic rings. The van der Waals surface area contributed by atoms with Gasteiger partial charge in [-0.3, -0.25) is 9.69 Å². The predicted octanol–water partition coefficient (Wildman–Crippen LogP) is 5.89. The topological polar surface area (TPSA) is 41.9 Å². The maximum atomic E-state index is 12.9. The van der Waals surface area contributed by atoms with E-state index in [2.05, 4.69) is 4.99 Å². The summed E-state index contributed by atoms with van der Waals surface area (Å²) in [5.74, 6) is 0.716. The van der Waals surface area contributed by atoms with Crippen LogP contribution < -0.4 is 4.74 Å². The maximum Gasteiger partial charge on any atom is 0.266 e. The molecule has 0 saturated carbocycles. The third-order valence-corrected chi connectivity index (χ3v) is 5.63. The Hall–Kier alpha value is -3.31. The second kappa shape index (κ2) is 9.46. The van der Waals surface area contributed by atoms with Crippen molar-refractivity contribution in [2.45, 2.75) is 13.5 Å². The number of hydrogen-bond donors (Lipinski definition) is 0. The van der Waals surface area contributed by atoms with Crippen molar-refractivity contribution in [3.8, 4) is 5.75 Å². The molecule has 30 heavy (non-hydrogen) atoms. The van der Waals surface area contributed by atoms with Gasteiger partial charge in [-0.2, -0.15) is 0 Å². The molecule has 4 nitrogen and oxygen atoms in total. The zero-order valence-electron chi connectivity index (χ0n) is 16.7. The highest BCUT2D eigenvalue weighted by Crippen LogP contribution is 2.35. The summed E-state index contributed by atoms with van der Waals surface area (Å²) < 4.78 is 6.04. The molecule has 1 saturated heterocycles. The highest BCUT2D eigenvalue weighted by molar-refractivity contribution is 8.18. The van der Waals surface area contributed by atoms with E-state index in [1.165, 1.54) is 11.8 Å². The Morgan fingerprint density at radius 3 is 2.33 bits per heavy atom. The first-order valence-electron chi connectivity index (χ1n) is 9.85. The molecule has 0 N–H and O–H groups in total. The van der Waals surface area contributed by atoms with E-state index in [0.29, 0.717) is 23.2 Å². The van der Waals surface area contributed by atoms with Gasteiger partial charge in [-0.25, -0.2) is 4.99 Å². The fourth-order valence-corrected chi connectivity index (χ4v) is 4.14. The Kier molecular flexibility index (Phi) is 6.30. The zero-order valence-corrected chi connectivity index (χ0v) is 17.5. The van der Waals surface area contributed by atoms with Crippen LogP contribution in [0.3, 0.4) is 0 Å². The number of thioether (sulfide) groups is 1. The summed E-state index contributed by atoms with van der Waals surface area (Å²) in [6.45, 7) is 3.00. The zero-order chi connectivity index (χ0) is 20.8. The van der Waals surface area contributed by atoms with Crippen molar-refractivity contribution < 1.29 is 9.53 Å².